The van der Waals surface area contributed by atoms with Crippen LogP contribution in [0.3, 0.4) is 0 Å². The van der Waals surface area contributed by atoms with Crippen molar-refractivity contribution in [3.63, 3.8) is 0 Å². The summed E-state index contributed by atoms with van der Waals surface area (Å²) in [5.41, 5.74) is 6.31. The van der Waals surface area contributed by atoms with E-state index >= 15 is 0 Å². The number of fused-ring (bicyclic) bond motifs is 7. The van der Waals surface area contributed by atoms with Crippen LogP contribution in [0, 0.1) is 0 Å². The molecule has 0 atom stereocenters. The van der Waals surface area contributed by atoms with Crippen molar-refractivity contribution in [3.05, 3.63) is 134 Å². The van der Waals surface area contributed by atoms with E-state index in [0.29, 0.717) is 0 Å². The molecule has 0 spiro atoms. The van der Waals surface area contributed by atoms with E-state index in [0.717, 1.165) is 22.2 Å². The molecule has 0 aliphatic rings. The summed E-state index contributed by atoms with van der Waals surface area (Å²) in [6.45, 7) is 0. The zero-order valence-corrected chi connectivity index (χ0v) is 20.6. The lowest BCUT2D eigenvalue weighted by molar-refractivity contribution is 1.34. The molecule has 0 saturated heterocycles. The normalized spacial score (nSPS) is 11.7. The summed E-state index contributed by atoms with van der Waals surface area (Å²) in [7, 11) is 0. The van der Waals surface area contributed by atoms with Crippen molar-refractivity contribution >= 4 is 54.1 Å². The molecule has 0 aliphatic carbocycles. The van der Waals surface area contributed by atoms with E-state index in [4.69, 9.17) is 9.97 Å². The smallest absolute Gasteiger partial charge is 0.0893 e. The summed E-state index contributed by atoms with van der Waals surface area (Å²) in [6.07, 6.45) is 3.98. The van der Waals surface area contributed by atoms with Crippen LogP contribution in [0.2, 0.25) is 0 Å². The molecule has 0 radical (unpaired) electrons. The van der Waals surface area contributed by atoms with E-state index in [2.05, 4.69) is 121 Å². The molecule has 0 unspecified atom stereocenters. The van der Waals surface area contributed by atoms with E-state index in [1.54, 1.807) is 0 Å². The molecule has 0 aliphatic heterocycles. The zero-order chi connectivity index (χ0) is 25.1. The van der Waals surface area contributed by atoms with Gasteiger partial charge in [-0.25, -0.2) is 0 Å². The predicted molar refractivity (Wildman–Crippen MR) is 160 cm³/mol. The van der Waals surface area contributed by atoms with Crippen LogP contribution in [0.1, 0.15) is 0 Å². The van der Waals surface area contributed by atoms with Crippen molar-refractivity contribution in [2.75, 3.05) is 0 Å². The molecule has 2 aromatic heterocycles. The molecule has 0 saturated carbocycles. The quantitative estimate of drug-likeness (QED) is 0.229. The Kier molecular flexibility index (Phi) is 4.55. The van der Waals surface area contributed by atoms with Crippen molar-refractivity contribution < 1.29 is 0 Å². The minimum atomic E-state index is 0.897. The van der Waals surface area contributed by atoms with Gasteiger partial charge in [0.1, 0.15) is 0 Å². The van der Waals surface area contributed by atoms with Gasteiger partial charge >= 0.3 is 0 Å². The van der Waals surface area contributed by atoms with Gasteiger partial charge in [-0.1, -0.05) is 97.1 Å². The Bertz CT molecular complexity index is 2040. The highest BCUT2D eigenvalue weighted by molar-refractivity contribution is 6.15. The van der Waals surface area contributed by atoms with Crippen LogP contribution in [-0.2, 0) is 0 Å². The first-order chi connectivity index (χ1) is 18.8. The summed E-state index contributed by atoms with van der Waals surface area (Å²) in [6, 6.07) is 43.3. The highest BCUT2D eigenvalue weighted by atomic mass is 14.7. The SMILES string of the molecule is c1ccc2c(c1)cc(-c1cnc3cc(-c4cc5ccccc5c5ccccc45)cnc3c1)c1ccccc12. The van der Waals surface area contributed by atoms with Gasteiger partial charge < -0.3 is 0 Å². The Morgan fingerprint density at radius 1 is 0.342 bits per heavy atom. The second kappa shape index (κ2) is 8.22. The second-order valence-electron chi connectivity index (χ2n) is 9.87. The van der Waals surface area contributed by atoms with Crippen LogP contribution in [0.25, 0.3) is 76.4 Å². The lowest BCUT2D eigenvalue weighted by Crippen LogP contribution is -1.90. The molecule has 0 N–H and O–H groups in total. The third kappa shape index (κ3) is 3.21. The molecule has 176 valence electrons. The molecular weight excluding hydrogens is 460 g/mol. The summed E-state index contributed by atoms with van der Waals surface area (Å²) < 4.78 is 0. The van der Waals surface area contributed by atoms with Crippen LogP contribution >= 0.6 is 0 Å². The predicted octanol–water partition coefficient (Wildman–Crippen LogP) is 9.58. The molecule has 6 aromatic carbocycles. The van der Waals surface area contributed by atoms with Crippen molar-refractivity contribution in [1.29, 1.82) is 0 Å². The molecule has 2 nitrogen and oxygen atoms in total. The molecule has 8 rings (SSSR count). The Morgan fingerprint density at radius 2 is 0.711 bits per heavy atom. The Labute approximate surface area is 219 Å². The minimum Gasteiger partial charge on any atom is -0.254 e. The van der Waals surface area contributed by atoms with Crippen LogP contribution in [0.5, 0.6) is 0 Å². The Hall–Kier alpha value is -5.08. The van der Waals surface area contributed by atoms with Crippen LogP contribution in [0.4, 0.5) is 0 Å². The fraction of sp³-hybridized carbons (Fsp3) is 0. The first-order valence-corrected chi connectivity index (χ1v) is 12.9. The summed E-state index contributed by atoms with van der Waals surface area (Å²) in [4.78, 5) is 9.82. The molecule has 2 heterocycles. The third-order valence-corrected chi connectivity index (χ3v) is 7.69. The largest absolute Gasteiger partial charge is 0.254 e. The summed E-state index contributed by atoms with van der Waals surface area (Å²) >= 11 is 0. The number of hydrogen-bond donors (Lipinski definition) is 0. The number of nitrogens with zero attached hydrogens (tertiary/aromatic N) is 2. The lowest BCUT2D eigenvalue weighted by Gasteiger charge is -2.13. The summed E-state index contributed by atoms with van der Waals surface area (Å²) in [5.74, 6) is 0. The molecule has 0 fully saturated rings. The van der Waals surface area contributed by atoms with Gasteiger partial charge in [-0.3, -0.25) is 9.97 Å². The lowest BCUT2D eigenvalue weighted by atomic mass is 9.93. The van der Waals surface area contributed by atoms with Crippen LogP contribution < -0.4 is 0 Å². The number of benzene rings is 6. The van der Waals surface area contributed by atoms with Gasteiger partial charge in [-0.05, 0) is 78.5 Å². The zero-order valence-electron chi connectivity index (χ0n) is 20.6. The van der Waals surface area contributed by atoms with Gasteiger partial charge in [0.2, 0.25) is 0 Å². The molecule has 8 aromatic rings. The van der Waals surface area contributed by atoms with E-state index in [1.807, 2.05) is 12.4 Å². The highest BCUT2D eigenvalue weighted by Crippen LogP contribution is 2.37. The molecule has 0 amide bonds. The topological polar surface area (TPSA) is 25.8 Å². The summed E-state index contributed by atoms with van der Waals surface area (Å²) in [5, 5.41) is 9.97. The highest BCUT2D eigenvalue weighted by Gasteiger charge is 2.12. The van der Waals surface area contributed by atoms with Crippen LogP contribution in [0.15, 0.2) is 134 Å². The fourth-order valence-electron chi connectivity index (χ4n) is 5.88. The standard InChI is InChI=1S/C36H22N2/c1-3-11-27-23(9-1)17-33(31-15-7-5-13-29(27)31)25-19-35-36(37-21-25)20-26(22-38-35)34-18-24-10-2-4-12-28(24)30-14-6-8-16-32(30)34/h1-22H. The van der Waals surface area contributed by atoms with Crippen molar-refractivity contribution in [2.24, 2.45) is 0 Å². The second-order valence-corrected chi connectivity index (χ2v) is 9.87. The Morgan fingerprint density at radius 3 is 1.16 bits per heavy atom. The monoisotopic (exact) mass is 482 g/mol. The molecule has 0 bridgehead atoms. The van der Waals surface area contributed by atoms with Crippen LogP contribution in [-0.4, -0.2) is 9.97 Å². The van der Waals surface area contributed by atoms with Gasteiger partial charge in [-0.2, -0.15) is 0 Å². The van der Waals surface area contributed by atoms with E-state index in [9.17, 15) is 0 Å². The van der Waals surface area contributed by atoms with Crippen molar-refractivity contribution in [2.45, 2.75) is 0 Å². The maximum atomic E-state index is 4.91. The van der Waals surface area contributed by atoms with E-state index in [1.165, 1.54) is 54.2 Å². The van der Waals surface area contributed by atoms with Crippen molar-refractivity contribution in [1.82, 2.24) is 9.97 Å². The molecule has 38 heavy (non-hydrogen) atoms. The van der Waals surface area contributed by atoms with E-state index < -0.39 is 0 Å². The maximum absolute atomic E-state index is 4.91. The van der Waals surface area contributed by atoms with Gasteiger partial charge in [0.05, 0.1) is 11.0 Å². The first-order valence-electron chi connectivity index (χ1n) is 12.9. The van der Waals surface area contributed by atoms with Gasteiger partial charge in [-0.15, -0.1) is 0 Å². The number of rotatable bonds is 2. The first kappa shape index (κ1) is 21.0. The van der Waals surface area contributed by atoms with Gasteiger partial charge in [0, 0.05) is 23.5 Å². The Balaban J connectivity index is 1.31. The van der Waals surface area contributed by atoms with Crippen molar-refractivity contribution in [3.8, 4) is 22.3 Å². The maximum Gasteiger partial charge on any atom is 0.0893 e. The van der Waals surface area contributed by atoms with Gasteiger partial charge in [0.25, 0.3) is 0 Å². The average molecular weight is 483 g/mol. The molecule has 2 heteroatoms. The molecular formula is C36H22N2. The minimum absolute atomic E-state index is 0.897. The average Bonchev–Trinajstić information content (AvgIpc) is 3.00. The van der Waals surface area contributed by atoms with E-state index in [-0.39, 0.29) is 0 Å². The number of hydrogen-bond acceptors (Lipinski definition) is 2. The number of pyridine rings is 2. The fourth-order valence-corrected chi connectivity index (χ4v) is 5.88. The third-order valence-electron chi connectivity index (χ3n) is 7.69. The number of aromatic nitrogens is 2. The van der Waals surface area contributed by atoms with Gasteiger partial charge in [0.15, 0.2) is 0 Å².